The molecule has 2 amide bonds. The molecule has 1 unspecified atom stereocenters. The van der Waals surface area contributed by atoms with E-state index in [4.69, 9.17) is 9.15 Å². The van der Waals surface area contributed by atoms with Gasteiger partial charge in [0.2, 0.25) is 0 Å². The van der Waals surface area contributed by atoms with E-state index in [1.807, 2.05) is 62.3 Å². The van der Waals surface area contributed by atoms with E-state index in [0.29, 0.717) is 19.7 Å². The minimum absolute atomic E-state index is 0.00201. The van der Waals surface area contributed by atoms with Crippen molar-refractivity contribution in [1.82, 2.24) is 15.1 Å². The molecule has 0 spiro atoms. The first-order valence-corrected chi connectivity index (χ1v) is 8.41. The minimum Gasteiger partial charge on any atom is -0.494 e. The van der Waals surface area contributed by atoms with Crippen LogP contribution in [0.1, 0.15) is 24.3 Å². The molecule has 1 aromatic carbocycles. The number of furan rings is 1. The summed E-state index contributed by atoms with van der Waals surface area (Å²) in [5.74, 6) is 1.67. The predicted octanol–water partition coefficient (Wildman–Crippen LogP) is 3.12. The zero-order chi connectivity index (χ0) is 18.2. The first kappa shape index (κ1) is 18.9. The lowest BCUT2D eigenvalue weighted by Gasteiger charge is -2.24. The van der Waals surface area contributed by atoms with Crippen molar-refractivity contribution in [2.45, 2.75) is 19.5 Å². The number of likely N-dealkylation sites (N-methyl/N-ethyl adjacent to an activating group) is 1. The first-order chi connectivity index (χ1) is 12.0. The molecule has 136 valence electrons. The average Bonchev–Trinajstić information content (AvgIpc) is 3.10. The summed E-state index contributed by atoms with van der Waals surface area (Å²) < 4.78 is 10.9. The number of hydrogen-bond donors (Lipinski definition) is 1. The molecule has 1 aromatic heterocycles. The second kappa shape index (κ2) is 9.13. The van der Waals surface area contributed by atoms with Gasteiger partial charge in [0.25, 0.3) is 0 Å². The molecule has 0 aliphatic rings. The Morgan fingerprint density at radius 2 is 1.92 bits per heavy atom. The summed E-state index contributed by atoms with van der Waals surface area (Å²) in [6, 6.07) is 11.4. The van der Waals surface area contributed by atoms with Gasteiger partial charge in [0, 0.05) is 20.1 Å². The van der Waals surface area contributed by atoms with Crippen LogP contribution >= 0.6 is 0 Å². The number of nitrogens with zero attached hydrogens (tertiary/aromatic N) is 2. The Morgan fingerprint density at radius 3 is 2.48 bits per heavy atom. The van der Waals surface area contributed by atoms with Crippen LogP contribution in [0.4, 0.5) is 4.79 Å². The van der Waals surface area contributed by atoms with Crippen molar-refractivity contribution in [3.05, 3.63) is 54.0 Å². The van der Waals surface area contributed by atoms with Crippen LogP contribution in [-0.4, -0.2) is 50.1 Å². The molecule has 0 aliphatic heterocycles. The molecule has 1 N–H and O–H groups in total. The maximum absolute atomic E-state index is 12.4. The average molecular weight is 345 g/mol. The molecule has 0 aliphatic carbocycles. The van der Waals surface area contributed by atoms with Crippen molar-refractivity contribution in [3.8, 4) is 5.75 Å². The molecule has 2 rings (SSSR count). The van der Waals surface area contributed by atoms with E-state index in [-0.39, 0.29) is 12.1 Å². The summed E-state index contributed by atoms with van der Waals surface area (Å²) in [6.45, 7) is 3.61. The second-order valence-electron chi connectivity index (χ2n) is 6.11. The summed E-state index contributed by atoms with van der Waals surface area (Å²) >= 11 is 0. The van der Waals surface area contributed by atoms with Gasteiger partial charge in [-0.2, -0.15) is 0 Å². The second-order valence-corrected chi connectivity index (χ2v) is 6.11. The predicted molar refractivity (Wildman–Crippen MR) is 97.6 cm³/mol. The van der Waals surface area contributed by atoms with Crippen LogP contribution in [0.3, 0.4) is 0 Å². The number of hydrogen-bond acceptors (Lipinski definition) is 4. The Morgan fingerprint density at radius 1 is 1.20 bits per heavy atom. The SMILES string of the molecule is CCOc1ccc(CN(C)C(=O)NCC(c2ccco2)N(C)C)cc1. The third-order valence-corrected chi connectivity index (χ3v) is 3.94. The lowest BCUT2D eigenvalue weighted by atomic mass is 10.2. The van der Waals surface area contributed by atoms with E-state index in [1.54, 1.807) is 18.2 Å². The lowest BCUT2D eigenvalue weighted by molar-refractivity contribution is 0.197. The van der Waals surface area contributed by atoms with Crippen LogP contribution in [-0.2, 0) is 6.54 Å². The van der Waals surface area contributed by atoms with Crippen molar-refractivity contribution < 1.29 is 13.9 Å². The molecule has 0 saturated heterocycles. The van der Waals surface area contributed by atoms with Crippen molar-refractivity contribution in [2.75, 3.05) is 34.3 Å². The Labute approximate surface area is 149 Å². The number of amides is 2. The third kappa shape index (κ3) is 5.53. The molecular formula is C19H27N3O3. The largest absolute Gasteiger partial charge is 0.494 e. The molecule has 0 saturated carbocycles. The fraction of sp³-hybridized carbons (Fsp3) is 0.421. The van der Waals surface area contributed by atoms with Gasteiger partial charge in [0.15, 0.2) is 0 Å². The van der Waals surface area contributed by atoms with Crippen LogP contribution in [0, 0.1) is 0 Å². The highest BCUT2D eigenvalue weighted by Crippen LogP contribution is 2.18. The van der Waals surface area contributed by atoms with Gasteiger partial charge in [-0.1, -0.05) is 12.1 Å². The van der Waals surface area contributed by atoms with E-state index in [9.17, 15) is 4.79 Å². The van der Waals surface area contributed by atoms with Gasteiger partial charge in [-0.25, -0.2) is 4.79 Å². The highest BCUT2D eigenvalue weighted by atomic mass is 16.5. The number of urea groups is 1. The Hall–Kier alpha value is -2.47. The van der Waals surface area contributed by atoms with E-state index in [2.05, 4.69) is 5.32 Å². The molecule has 25 heavy (non-hydrogen) atoms. The number of ether oxygens (including phenoxy) is 1. The standard InChI is InChI=1S/C19H27N3O3/c1-5-24-16-10-8-15(9-11-16)14-22(4)19(23)20-13-17(21(2)3)18-7-6-12-25-18/h6-12,17H,5,13-14H2,1-4H3,(H,20,23). The zero-order valence-corrected chi connectivity index (χ0v) is 15.4. The summed E-state index contributed by atoms with van der Waals surface area (Å²) in [6.07, 6.45) is 1.64. The summed E-state index contributed by atoms with van der Waals surface area (Å²) in [4.78, 5) is 16.0. The quantitative estimate of drug-likeness (QED) is 0.799. The molecule has 6 heteroatoms. The normalized spacial score (nSPS) is 12.0. The highest BCUT2D eigenvalue weighted by molar-refractivity contribution is 5.73. The number of carbonyl (C=O) groups is 1. The molecule has 0 radical (unpaired) electrons. The summed E-state index contributed by atoms with van der Waals surface area (Å²) in [7, 11) is 5.70. The van der Waals surface area contributed by atoms with Crippen molar-refractivity contribution in [3.63, 3.8) is 0 Å². The van der Waals surface area contributed by atoms with Crippen LogP contribution < -0.4 is 10.1 Å². The van der Waals surface area contributed by atoms with Gasteiger partial charge in [-0.3, -0.25) is 4.90 Å². The smallest absolute Gasteiger partial charge is 0.317 e. The maximum atomic E-state index is 12.4. The van der Waals surface area contributed by atoms with Crippen molar-refractivity contribution in [2.24, 2.45) is 0 Å². The topological polar surface area (TPSA) is 58.0 Å². The molecule has 1 heterocycles. The van der Waals surface area contributed by atoms with Gasteiger partial charge >= 0.3 is 6.03 Å². The first-order valence-electron chi connectivity index (χ1n) is 8.41. The molecular weight excluding hydrogens is 318 g/mol. The van der Waals surface area contributed by atoms with Gasteiger partial charge in [0.1, 0.15) is 11.5 Å². The van der Waals surface area contributed by atoms with Crippen LogP contribution in [0.5, 0.6) is 5.75 Å². The number of benzene rings is 1. The Bertz CT molecular complexity index is 638. The van der Waals surface area contributed by atoms with Crippen molar-refractivity contribution in [1.29, 1.82) is 0 Å². The monoisotopic (exact) mass is 345 g/mol. The molecule has 2 aromatic rings. The van der Waals surface area contributed by atoms with Gasteiger partial charge < -0.3 is 19.4 Å². The summed E-state index contributed by atoms with van der Waals surface area (Å²) in [5.41, 5.74) is 1.05. The molecule has 0 fully saturated rings. The highest BCUT2D eigenvalue weighted by Gasteiger charge is 2.19. The third-order valence-electron chi connectivity index (χ3n) is 3.94. The fourth-order valence-corrected chi connectivity index (χ4v) is 2.54. The van der Waals surface area contributed by atoms with Crippen molar-refractivity contribution >= 4 is 6.03 Å². The van der Waals surface area contributed by atoms with E-state index >= 15 is 0 Å². The van der Waals surface area contributed by atoms with Gasteiger partial charge in [-0.15, -0.1) is 0 Å². The number of carbonyl (C=O) groups excluding carboxylic acids is 1. The summed E-state index contributed by atoms with van der Waals surface area (Å²) in [5, 5.41) is 2.96. The molecule has 0 bridgehead atoms. The van der Waals surface area contributed by atoms with E-state index in [0.717, 1.165) is 17.1 Å². The number of nitrogens with one attached hydrogen (secondary N) is 1. The van der Waals surface area contributed by atoms with Crippen LogP contribution in [0.25, 0.3) is 0 Å². The van der Waals surface area contributed by atoms with Gasteiger partial charge in [0.05, 0.1) is 18.9 Å². The van der Waals surface area contributed by atoms with Crippen LogP contribution in [0.2, 0.25) is 0 Å². The fourth-order valence-electron chi connectivity index (χ4n) is 2.54. The number of rotatable bonds is 8. The molecule has 6 nitrogen and oxygen atoms in total. The maximum Gasteiger partial charge on any atom is 0.317 e. The molecule has 1 atom stereocenters. The Kier molecular flexibility index (Phi) is 6.89. The lowest BCUT2D eigenvalue weighted by Crippen LogP contribution is -2.41. The van der Waals surface area contributed by atoms with E-state index < -0.39 is 0 Å². The van der Waals surface area contributed by atoms with E-state index in [1.165, 1.54) is 0 Å². The minimum atomic E-state index is -0.118. The van der Waals surface area contributed by atoms with Gasteiger partial charge in [-0.05, 0) is 50.8 Å². The Balaban J connectivity index is 1.87. The zero-order valence-electron chi connectivity index (χ0n) is 15.4. The van der Waals surface area contributed by atoms with Crippen LogP contribution in [0.15, 0.2) is 47.1 Å².